The fourth-order valence-electron chi connectivity index (χ4n) is 1.31. The summed E-state index contributed by atoms with van der Waals surface area (Å²) < 4.78 is 31.3. The van der Waals surface area contributed by atoms with Crippen molar-refractivity contribution in [2.75, 3.05) is 6.61 Å². The number of esters is 1. The topological polar surface area (TPSA) is 26.3 Å². The Morgan fingerprint density at radius 1 is 1.38 bits per heavy atom. The Hall–Kier alpha value is -1.71. The number of hydrogen-bond acceptors (Lipinski definition) is 2. The van der Waals surface area contributed by atoms with E-state index in [0.717, 1.165) is 18.2 Å². The van der Waals surface area contributed by atoms with Crippen molar-refractivity contribution in [1.82, 2.24) is 0 Å². The van der Waals surface area contributed by atoms with Gasteiger partial charge in [-0.2, -0.15) is 0 Å². The minimum Gasteiger partial charge on any atom is -0.463 e. The average Bonchev–Trinajstić information content (AvgIpc) is 2.17. The molecule has 0 aliphatic carbocycles. The summed E-state index contributed by atoms with van der Waals surface area (Å²) in [4.78, 5) is 11.1. The summed E-state index contributed by atoms with van der Waals surface area (Å²) in [6.45, 7) is 3.34. The van der Waals surface area contributed by atoms with Crippen molar-refractivity contribution in [3.8, 4) is 0 Å². The average molecular weight is 226 g/mol. The van der Waals surface area contributed by atoms with Gasteiger partial charge in [0.2, 0.25) is 0 Å². The van der Waals surface area contributed by atoms with Crippen molar-refractivity contribution in [1.29, 1.82) is 0 Å². The van der Waals surface area contributed by atoms with Crippen LogP contribution in [-0.2, 0) is 9.53 Å². The number of hydrogen-bond donors (Lipinski definition) is 0. The third-order valence-corrected chi connectivity index (χ3v) is 1.98. The standard InChI is InChI=1S/C12H12F2O2/c1-3-16-11(15)7-8(2)12-9(13)5-4-6-10(12)14/h4-7H,3H2,1-2H3/b8-7-. The highest BCUT2D eigenvalue weighted by molar-refractivity contribution is 5.91. The summed E-state index contributed by atoms with van der Waals surface area (Å²) in [6.07, 6.45) is 1.07. The minimum absolute atomic E-state index is 0.199. The van der Waals surface area contributed by atoms with E-state index in [4.69, 9.17) is 0 Å². The molecule has 0 fully saturated rings. The van der Waals surface area contributed by atoms with Gasteiger partial charge in [0.25, 0.3) is 0 Å². The maximum Gasteiger partial charge on any atom is 0.331 e. The van der Waals surface area contributed by atoms with Crippen molar-refractivity contribution in [3.63, 3.8) is 0 Å². The molecule has 0 saturated heterocycles. The Kier molecular flexibility index (Phi) is 4.17. The van der Waals surface area contributed by atoms with Crippen molar-refractivity contribution in [2.24, 2.45) is 0 Å². The van der Waals surface area contributed by atoms with E-state index in [1.165, 1.54) is 13.0 Å². The predicted octanol–water partition coefficient (Wildman–Crippen LogP) is 2.93. The number of allylic oxidation sites excluding steroid dienone is 1. The molecule has 16 heavy (non-hydrogen) atoms. The van der Waals surface area contributed by atoms with E-state index < -0.39 is 17.6 Å². The first-order valence-corrected chi connectivity index (χ1v) is 4.85. The van der Waals surface area contributed by atoms with Crippen LogP contribution in [0.3, 0.4) is 0 Å². The maximum absolute atomic E-state index is 13.3. The molecule has 0 aliphatic rings. The summed E-state index contributed by atoms with van der Waals surface area (Å²) in [7, 11) is 0. The largest absolute Gasteiger partial charge is 0.463 e. The van der Waals surface area contributed by atoms with E-state index in [1.807, 2.05) is 0 Å². The van der Waals surface area contributed by atoms with Crippen LogP contribution in [0.5, 0.6) is 0 Å². The molecule has 0 spiro atoms. The van der Waals surface area contributed by atoms with E-state index in [9.17, 15) is 13.6 Å². The van der Waals surface area contributed by atoms with Crippen LogP contribution in [0.2, 0.25) is 0 Å². The molecule has 0 aromatic heterocycles. The molecule has 0 unspecified atom stereocenters. The highest BCUT2D eigenvalue weighted by atomic mass is 19.1. The number of carbonyl (C=O) groups excluding carboxylic acids is 1. The van der Waals surface area contributed by atoms with Gasteiger partial charge in [0, 0.05) is 11.6 Å². The molecule has 0 N–H and O–H groups in total. The zero-order valence-electron chi connectivity index (χ0n) is 9.09. The normalized spacial score (nSPS) is 11.4. The van der Waals surface area contributed by atoms with E-state index >= 15 is 0 Å². The summed E-state index contributed by atoms with van der Waals surface area (Å²) in [6, 6.07) is 3.55. The molecule has 0 heterocycles. The third-order valence-electron chi connectivity index (χ3n) is 1.98. The molecule has 4 heteroatoms. The molecule has 2 nitrogen and oxygen atoms in total. The summed E-state index contributed by atoms with van der Waals surface area (Å²) in [5, 5.41) is 0. The molecule has 0 atom stereocenters. The van der Waals surface area contributed by atoms with Crippen LogP contribution < -0.4 is 0 Å². The van der Waals surface area contributed by atoms with Gasteiger partial charge in [-0.15, -0.1) is 0 Å². The second-order valence-electron chi connectivity index (χ2n) is 3.18. The van der Waals surface area contributed by atoms with Crippen molar-refractivity contribution in [2.45, 2.75) is 13.8 Å². The van der Waals surface area contributed by atoms with Crippen LogP contribution >= 0.6 is 0 Å². The summed E-state index contributed by atoms with van der Waals surface area (Å²) in [5.74, 6) is -2.00. The summed E-state index contributed by atoms with van der Waals surface area (Å²) in [5.41, 5.74) is 0.00426. The van der Waals surface area contributed by atoms with Crippen molar-refractivity contribution < 1.29 is 18.3 Å². The Balaban J connectivity index is 3.04. The van der Waals surface area contributed by atoms with Gasteiger partial charge in [0.05, 0.1) is 6.61 Å². The predicted molar refractivity (Wildman–Crippen MR) is 56.6 cm³/mol. The number of rotatable bonds is 3. The first-order valence-electron chi connectivity index (χ1n) is 4.85. The Morgan fingerprint density at radius 2 is 1.94 bits per heavy atom. The van der Waals surface area contributed by atoms with Crippen LogP contribution in [0.4, 0.5) is 8.78 Å². The SMILES string of the molecule is CCOC(=O)/C=C(/C)c1c(F)cccc1F. The molecule has 1 aromatic rings. The summed E-state index contributed by atoms with van der Waals surface area (Å²) >= 11 is 0. The van der Waals surface area contributed by atoms with Crippen molar-refractivity contribution in [3.05, 3.63) is 41.5 Å². The molecule has 1 rings (SSSR count). The Bertz CT molecular complexity index is 405. The molecule has 0 aliphatic heterocycles. The van der Waals surface area contributed by atoms with Crippen LogP contribution in [0.15, 0.2) is 24.3 Å². The zero-order chi connectivity index (χ0) is 12.1. The van der Waals surface area contributed by atoms with E-state index in [0.29, 0.717) is 0 Å². The van der Waals surface area contributed by atoms with Gasteiger partial charge < -0.3 is 4.74 Å². The van der Waals surface area contributed by atoms with Gasteiger partial charge in [-0.05, 0) is 31.6 Å². The monoisotopic (exact) mass is 226 g/mol. The Morgan fingerprint density at radius 3 is 2.44 bits per heavy atom. The van der Waals surface area contributed by atoms with E-state index in [2.05, 4.69) is 4.74 Å². The Labute approximate surface area is 92.5 Å². The van der Waals surface area contributed by atoms with Gasteiger partial charge in [-0.1, -0.05) is 6.07 Å². The quantitative estimate of drug-likeness (QED) is 0.585. The minimum atomic E-state index is -0.696. The zero-order valence-corrected chi connectivity index (χ0v) is 9.09. The van der Waals surface area contributed by atoms with Gasteiger partial charge in [0.15, 0.2) is 0 Å². The number of halogens is 2. The smallest absolute Gasteiger partial charge is 0.331 e. The lowest BCUT2D eigenvalue weighted by atomic mass is 10.1. The van der Waals surface area contributed by atoms with Crippen LogP contribution in [0, 0.1) is 11.6 Å². The van der Waals surface area contributed by atoms with Crippen LogP contribution in [0.1, 0.15) is 19.4 Å². The molecule has 1 aromatic carbocycles. The second kappa shape index (κ2) is 5.39. The van der Waals surface area contributed by atoms with Crippen molar-refractivity contribution >= 4 is 11.5 Å². The number of ether oxygens (including phenoxy) is 1. The lowest BCUT2D eigenvalue weighted by molar-refractivity contribution is -0.137. The molecule has 0 amide bonds. The molecular weight excluding hydrogens is 214 g/mol. The van der Waals surface area contributed by atoms with E-state index in [1.54, 1.807) is 6.92 Å². The lowest BCUT2D eigenvalue weighted by Gasteiger charge is -2.04. The van der Waals surface area contributed by atoms with E-state index in [-0.39, 0.29) is 17.7 Å². The van der Waals surface area contributed by atoms with Crippen LogP contribution in [0.25, 0.3) is 5.57 Å². The molecule has 86 valence electrons. The first kappa shape index (κ1) is 12.4. The fourth-order valence-corrected chi connectivity index (χ4v) is 1.31. The lowest BCUT2D eigenvalue weighted by Crippen LogP contribution is -2.01. The maximum atomic E-state index is 13.3. The highest BCUT2D eigenvalue weighted by Gasteiger charge is 2.11. The molecule has 0 bridgehead atoms. The first-order chi connectivity index (χ1) is 7.56. The fraction of sp³-hybridized carbons (Fsp3) is 0.250. The molecular formula is C12H12F2O2. The molecule has 0 saturated carbocycles. The van der Waals surface area contributed by atoms with Gasteiger partial charge in [0.1, 0.15) is 11.6 Å². The molecule has 0 radical (unpaired) electrons. The highest BCUT2D eigenvalue weighted by Crippen LogP contribution is 2.21. The van der Waals surface area contributed by atoms with Gasteiger partial charge >= 0.3 is 5.97 Å². The number of carbonyl (C=O) groups is 1. The number of benzene rings is 1. The third kappa shape index (κ3) is 2.89. The second-order valence-corrected chi connectivity index (χ2v) is 3.18. The van der Waals surface area contributed by atoms with Crippen LogP contribution in [-0.4, -0.2) is 12.6 Å². The van der Waals surface area contributed by atoms with Gasteiger partial charge in [-0.25, -0.2) is 13.6 Å². The van der Waals surface area contributed by atoms with Gasteiger partial charge in [-0.3, -0.25) is 0 Å².